The zero-order valence-electron chi connectivity index (χ0n) is 16.7. The number of aromatic nitrogens is 2. The van der Waals surface area contributed by atoms with E-state index in [-0.39, 0.29) is 30.6 Å². The van der Waals surface area contributed by atoms with Crippen molar-refractivity contribution in [1.29, 1.82) is 0 Å². The van der Waals surface area contributed by atoms with Crippen LogP contribution in [0.15, 0.2) is 36.8 Å². The first-order valence-corrected chi connectivity index (χ1v) is 9.94. The Morgan fingerprint density at radius 2 is 2.33 bits per heavy atom. The van der Waals surface area contributed by atoms with Crippen LogP contribution < -0.4 is 10.1 Å². The second kappa shape index (κ2) is 9.19. The van der Waals surface area contributed by atoms with Gasteiger partial charge in [0.1, 0.15) is 24.3 Å². The number of nitrogens with one attached hydrogen (secondary N) is 1. The Kier molecular flexibility index (Phi) is 6.20. The van der Waals surface area contributed by atoms with Crippen molar-refractivity contribution in [2.75, 3.05) is 38.2 Å². The fraction of sp³-hybridized carbons (Fsp3) is 0.429. The van der Waals surface area contributed by atoms with Crippen LogP contribution in [0.2, 0.25) is 0 Å². The van der Waals surface area contributed by atoms with E-state index in [2.05, 4.69) is 15.3 Å². The van der Waals surface area contributed by atoms with Crippen LogP contribution in [0.1, 0.15) is 13.3 Å². The lowest BCUT2D eigenvalue weighted by Gasteiger charge is -2.29. The van der Waals surface area contributed by atoms with Crippen molar-refractivity contribution in [3.05, 3.63) is 36.8 Å². The minimum atomic E-state index is -0.286. The number of anilines is 1. The molecule has 158 valence electrons. The first-order chi connectivity index (χ1) is 14.6. The Labute approximate surface area is 174 Å². The van der Waals surface area contributed by atoms with Crippen LogP contribution in [0.3, 0.4) is 0 Å². The number of amides is 1. The maximum atomic E-state index is 12.5. The summed E-state index contributed by atoms with van der Waals surface area (Å²) in [4.78, 5) is 34.2. The highest BCUT2D eigenvalue weighted by Crippen LogP contribution is 2.31. The molecular formula is C21H24N4O5. The SMILES string of the molecule is C[C@@H]1CN(CC=CC(=O)Nc2cc3cncnc3cc2O[C@H]2CCOC2)CC(=O)O1. The average molecular weight is 412 g/mol. The first-order valence-electron chi connectivity index (χ1n) is 9.94. The highest BCUT2D eigenvalue weighted by Gasteiger charge is 2.22. The predicted molar refractivity (Wildman–Crippen MR) is 109 cm³/mol. The lowest BCUT2D eigenvalue weighted by atomic mass is 10.2. The summed E-state index contributed by atoms with van der Waals surface area (Å²) >= 11 is 0. The van der Waals surface area contributed by atoms with Crippen molar-refractivity contribution in [1.82, 2.24) is 14.9 Å². The van der Waals surface area contributed by atoms with Gasteiger partial charge in [-0.15, -0.1) is 0 Å². The van der Waals surface area contributed by atoms with Crippen LogP contribution >= 0.6 is 0 Å². The van der Waals surface area contributed by atoms with E-state index in [1.165, 1.54) is 12.4 Å². The van der Waals surface area contributed by atoms with Crippen LogP contribution in [-0.2, 0) is 19.1 Å². The third kappa shape index (κ3) is 5.11. The lowest BCUT2D eigenvalue weighted by molar-refractivity contribution is -0.156. The molecule has 2 saturated heterocycles. The molecule has 1 amide bonds. The van der Waals surface area contributed by atoms with E-state index in [4.69, 9.17) is 14.2 Å². The third-order valence-electron chi connectivity index (χ3n) is 4.88. The maximum Gasteiger partial charge on any atom is 0.320 e. The second-order valence-corrected chi connectivity index (χ2v) is 7.42. The molecule has 0 spiro atoms. The predicted octanol–water partition coefficient (Wildman–Crippen LogP) is 1.54. The van der Waals surface area contributed by atoms with Crippen molar-refractivity contribution in [2.45, 2.75) is 25.6 Å². The number of carbonyl (C=O) groups is 2. The molecule has 9 heteroatoms. The van der Waals surface area contributed by atoms with Gasteiger partial charge in [0.2, 0.25) is 5.91 Å². The molecular weight excluding hydrogens is 388 g/mol. The van der Waals surface area contributed by atoms with Crippen LogP contribution in [-0.4, -0.2) is 71.8 Å². The number of hydrogen-bond donors (Lipinski definition) is 1. The van der Waals surface area contributed by atoms with Gasteiger partial charge in [-0.2, -0.15) is 0 Å². The Morgan fingerprint density at radius 3 is 3.13 bits per heavy atom. The van der Waals surface area contributed by atoms with E-state index in [1.807, 2.05) is 11.8 Å². The number of hydrogen-bond acceptors (Lipinski definition) is 8. The fourth-order valence-corrected chi connectivity index (χ4v) is 3.52. The van der Waals surface area contributed by atoms with Gasteiger partial charge in [-0.1, -0.05) is 6.08 Å². The lowest BCUT2D eigenvalue weighted by Crippen LogP contribution is -2.44. The van der Waals surface area contributed by atoms with Gasteiger partial charge < -0.3 is 19.5 Å². The molecule has 1 aromatic carbocycles. The van der Waals surface area contributed by atoms with Gasteiger partial charge in [-0.05, 0) is 13.0 Å². The molecule has 2 aliphatic rings. The number of cyclic esters (lactones) is 1. The monoisotopic (exact) mass is 412 g/mol. The third-order valence-corrected chi connectivity index (χ3v) is 4.88. The van der Waals surface area contributed by atoms with E-state index < -0.39 is 0 Å². The maximum absolute atomic E-state index is 12.5. The molecule has 1 N–H and O–H groups in total. The normalized spacial score (nSPS) is 22.4. The molecule has 0 aliphatic carbocycles. The number of rotatable bonds is 6. The first kappa shape index (κ1) is 20.2. The van der Waals surface area contributed by atoms with Crippen LogP contribution in [0.25, 0.3) is 10.9 Å². The molecule has 0 radical (unpaired) electrons. The van der Waals surface area contributed by atoms with Crippen molar-refractivity contribution >= 4 is 28.5 Å². The molecule has 2 atom stereocenters. The summed E-state index contributed by atoms with van der Waals surface area (Å²) in [6, 6.07) is 3.60. The Bertz CT molecular complexity index is 958. The van der Waals surface area contributed by atoms with Gasteiger partial charge in [0, 0.05) is 43.2 Å². The largest absolute Gasteiger partial charge is 0.486 e. The minimum Gasteiger partial charge on any atom is -0.486 e. The zero-order chi connectivity index (χ0) is 20.9. The van der Waals surface area contributed by atoms with E-state index in [0.29, 0.717) is 37.7 Å². The summed E-state index contributed by atoms with van der Waals surface area (Å²) in [5, 5.41) is 3.67. The van der Waals surface area contributed by atoms with Crippen molar-refractivity contribution in [3.63, 3.8) is 0 Å². The van der Waals surface area contributed by atoms with Gasteiger partial charge in [0.15, 0.2) is 0 Å². The number of esters is 1. The Hall–Kier alpha value is -3.04. The molecule has 0 unspecified atom stereocenters. The van der Waals surface area contributed by atoms with E-state index in [9.17, 15) is 9.59 Å². The van der Waals surface area contributed by atoms with Crippen molar-refractivity contribution < 1.29 is 23.8 Å². The number of fused-ring (bicyclic) bond motifs is 1. The molecule has 0 saturated carbocycles. The molecule has 4 rings (SSSR count). The summed E-state index contributed by atoms with van der Waals surface area (Å²) in [5.41, 5.74) is 1.28. The average Bonchev–Trinajstić information content (AvgIpc) is 3.21. The van der Waals surface area contributed by atoms with Crippen molar-refractivity contribution in [2.24, 2.45) is 0 Å². The summed E-state index contributed by atoms with van der Waals surface area (Å²) in [6.45, 7) is 4.38. The van der Waals surface area contributed by atoms with Crippen molar-refractivity contribution in [3.8, 4) is 5.75 Å². The molecule has 2 aliphatic heterocycles. The summed E-state index contributed by atoms with van der Waals surface area (Å²) in [6.07, 6.45) is 6.94. The molecule has 2 aromatic rings. The number of benzene rings is 1. The second-order valence-electron chi connectivity index (χ2n) is 7.42. The molecule has 9 nitrogen and oxygen atoms in total. The van der Waals surface area contributed by atoms with Gasteiger partial charge in [-0.3, -0.25) is 14.5 Å². The number of nitrogens with zero attached hydrogens (tertiary/aromatic N) is 3. The summed E-state index contributed by atoms with van der Waals surface area (Å²) < 4.78 is 16.5. The van der Waals surface area contributed by atoms with Crippen LogP contribution in [0, 0.1) is 0 Å². The smallest absolute Gasteiger partial charge is 0.320 e. The quantitative estimate of drug-likeness (QED) is 0.563. The van der Waals surface area contributed by atoms with Crippen LogP contribution in [0.4, 0.5) is 5.69 Å². The van der Waals surface area contributed by atoms with E-state index in [1.54, 1.807) is 24.4 Å². The molecule has 0 bridgehead atoms. The van der Waals surface area contributed by atoms with Gasteiger partial charge in [0.25, 0.3) is 0 Å². The van der Waals surface area contributed by atoms with Gasteiger partial charge in [0.05, 0.1) is 31.0 Å². The molecule has 2 fully saturated rings. The number of ether oxygens (including phenoxy) is 3. The fourth-order valence-electron chi connectivity index (χ4n) is 3.52. The zero-order valence-corrected chi connectivity index (χ0v) is 16.7. The number of carbonyl (C=O) groups excluding carboxylic acids is 2. The molecule has 3 heterocycles. The highest BCUT2D eigenvalue weighted by atomic mass is 16.6. The molecule has 1 aromatic heterocycles. The van der Waals surface area contributed by atoms with Gasteiger partial charge in [-0.25, -0.2) is 9.97 Å². The van der Waals surface area contributed by atoms with E-state index in [0.717, 1.165) is 17.3 Å². The molecule has 30 heavy (non-hydrogen) atoms. The topological polar surface area (TPSA) is 103 Å². The highest BCUT2D eigenvalue weighted by molar-refractivity contribution is 6.02. The minimum absolute atomic E-state index is 0.0590. The number of morpholine rings is 1. The standard InChI is InChI=1S/C21H24N4O5/c1-14-10-25(11-21(27)29-14)5-2-3-20(26)24-18-7-15-9-22-13-23-17(15)8-19(18)30-16-4-6-28-12-16/h2-3,7-9,13-14,16H,4-6,10-12H2,1H3,(H,24,26)/t14-,16+/m1/s1. The summed E-state index contributed by atoms with van der Waals surface area (Å²) in [7, 11) is 0. The Morgan fingerprint density at radius 1 is 1.43 bits per heavy atom. The Balaban J connectivity index is 1.44. The van der Waals surface area contributed by atoms with E-state index >= 15 is 0 Å². The summed E-state index contributed by atoms with van der Waals surface area (Å²) in [5.74, 6) is 0.0140. The van der Waals surface area contributed by atoms with Gasteiger partial charge >= 0.3 is 5.97 Å². The van der Waals surface area contributed by atoms with Crippen LogP contribution in [0.5, 0.6) is 5.75 Å².